The van der Waals surface area contributed by atoms with Crippen molar-refractivity contribution in [2.24, 2.45) is 5.92 Å². The standard InChI is InChI=1S/C12H20N2O/c1-10(9-15-3)7-12(13-2)11-5-4-6-14-8-11/h4-6,8,10,12-13H,7,9H2,1-3H3. The molecule has 1 aromatic heterocycles. The number of ether oxygens (including phenoxy) is 1. The second-order valence-electron chi connectivity index (χ2n) is 3.92. The Morgan fingerprint density at radius 1 is 1.53 bits per heavy atom. The lowest BCUT2D eigenvalue weighted by Crippen LogP contribution is -2.20. The number of nitrogens with one attached hydrogen (secondary N) is 1. The van der Waals surface area contributed by atoms with E-state index in [1.807, 2.05) is 19.3 Å². The SMILES string of the molecule is CNC(CC(C)COC)c1cccnc1. The third-order valence-corrected chi connectivity index (χ3v) is 2.52. The molecule has 0 saturated heterocycles. The fourth-order valence-electron chi connectivity index (χ4n) is 1.76. The molecule has 2 unspecified atom stereocenters. The van der Waals surface area contributed by atoms with Gasteiger partial charge in [-0.05, 0) is 31.0 Å². The Balaban J connectivity index is 2.56. The van der Waals surface area contributed by atoms with Crippen LogP contribution in [0.3, 0.4) is 0 Å². The predicted octanol–water partition coefficient (Wildman–Crippen LogP) is 2.01. The molecule has 0 aliphatic carbocycles. The van der Waals surface area contributed by atoms with Gasteiger partial charge in [0.2, 0.25) is 0 Å². The van der Waals surface area contributed by atoms with Crippen LogP contribution in [0, 0.1) is 5.92 Å². The van der Waals surface area contributed by atoms with E-state index in [1.54, 1.807) is 13.3 Å². The fraction of sp³-hybridized carbons (Fsp3) is 0.583. The molecule has 0 spiro atoms. The maximum Gasteiger partial charge on any atom is 0.0488 e. The van der Waals surface area contributed by atoms with Gasteiger partial charge in [0.15, 0.2) is 0 Å². The molecule has 3 nitrogen and oxygen atoms in total. The van der Waals surface area contributed by atoms with E-state index < -0.39 is 0 Å². The van der Waals surface area contributed by atoms with Crippen molar-refractivity contribution in [1.82, 2.24) is 10.3 Å². The first kappa shape index (κ1) is 12.1. The average molecular weight is 208 g/mol. The summed E-state index contributed by atoms with van der Waals surface area (Å²) in [6.45, 7) is 3.00. The molecule has 1 heterocycles. The first-order valence-electron chi connectivity index (χ1n) is 5.34. The molecule has 0 aliphatic heterocycles. The van der Waals surface area contributed by atoms with Crippen molar-refractivity contribution >= 4 is 0 Å². The van der Waals surface area contributed by atoms with Gasteiger partial charge in [-0.25, -0.2) is 0 Å². The Kier molecular flexibility index (Phi) is 5.29. The minimum absolute atomic E-state index is 0.365. The molecule has 84 valence electrons. The molecule has 3 heteroatoms. The van der Waals surface area contributed by atoms with Gasteiger partial charge in [0, 0.05) is 32.2 Å². The van der Waals surface area contributed by atoms with Gasteiger partial charge in [-0.3, -0.25) is 4.98 Å². The van der Waals surface area contributed by atoms with Crippen molar-refractivity contribution in [2.45, 2.75) is 19.4 Å². The van der Waals surface area contributed by atoms with Gasteiger partial charge >= 0.3 is 0 Å². The van der Waals surface area contributed by atoms with Crippen molar-refractivity contribution in [3.05, 3.63) is 30.1 Å². The number of aromatic nitrogens is 1. The second-order valence-corrected chi connectivity index (χ2v) is 3.92. The van der Waals surface area contributed by atoms with Crippen LogP contribution in [0.5, 0.6) is 0 Å². The first-order chi connectivity index (χ1) is 7.27. The molecule has 0 amide bonds. The highest BCUT2D eigenvalue weighted by atomic mass is 16.5. The van der Waals surface area contributed by atoms with Crippen molar-refractivity contribution in [2.75, 3.05) is 20.8 Å². The van der Waals surface area contributed by atoms with Crippen LogP contribution < -0.4 is 5.32 Å². The van der Waals surface area contributed by atoms with Crippen LogP contribution in [0.2, 0.25) is 0 Å². The van der Waals surface area contributed by atoms with Gasteiger partial charge in [-0.15, -0.1) is 0 Å². The molecule has 0 aliphatic rings. The van der Waals surface area contributed by atoms with Gasteiger partial charge in [-0.2, -0.15) is 0 Å². The molecule has 0 radical (unpaired) electrons. The number of rotatable bonds is 6. The summed E-state index contributed by atoms with van der Waals surface area (Å²) in [6.07, 6.45) is 4.78. The van der Waals surface area contributed by atoms with E-state index >= 15 is 0 Å². The third-order valence-electron chi connectivity index (χ3n) is 2.52. The van der Waals surface area contributed by atoms with Crippen LogP contribution in [-0.2, 0) is 4.74 Å². The Labute approximate surface area is 91.9 Å². The zero-order valence-corrected chi connectivity index (χ0v) is 9.73. The molecular weight excluding hydrogens is 188 g/mol. The highest BCUT2D eigenvalue weighted by Gasteiger charge is 2.13. The van der Waals surface area contributed by atoms with Crippen molar-refractivity contribution in [3.8, 4) is 0 Å². The van der Waals surface area contributed by atoms with Gasteiger partial charge in [0.25, 0.3) is 0 Å². The van der Waals surface area contributed by atoms with Crippen molar-refractivity contribution in [3.63, 3.8) is 0 Å². The zero-order chi connectivity index (χ0) is 11.1. The summed E-state index contributed by atoms with van der Waals surface area (Å²) in [5, 5.41) is 3.31. The minimum Gasteiger partial charge on any atom is -0.384 e. The number of pyridine rings is 1. The predicted molar refractivity (Wildman–Crippen MR) is 61.7 cm³/mol. The van der Waals surface area contributed by atoms with Gasteiger partial charge < -0.3 is 10.1 Å². The average Bonchev–Trinajstić information content (AvgIpc) is 2.27. The lowest BCUT2D eigenvalue weighted by Gasteiger charge is -2.20. The van der Waals surface area contributed by atoms with Crippen LogP contribution in [0.1, 0.15) is 24.9 Å². The highest BCUT2D eigenvalue weighted by Crippen LogP contribution is 2.20. The maximum atomic E-state index is 5.14. The van der Waals surface area contributed by atoms with Crippen LogP contribution in [0.15, 0.2) is 24.5 Å². The topological polar surface area (TPSA) is 34.1 Å². The van der Waals surface area contributed by atoms with Crippen molar-refractivity contribution < 1.29 is 4.74 Å². The molecular formula is C12H20N2O. The molecule has 1 rings (SSSR count). The van der Waals surface area contributed by atoms with E-state index in [9.17, 15) is 0 Å². The van der Waals surface area contributed by atoms with Crippen LogP contribution in [0.4, 0.5) is 0 Å². The molecule has 0 bridgehead atoms. The van der Waals surface area contributed by atoms with Crippen LogP contribution in [-0.4, -0.2) is 25.7 Å². The Morgan fingerprint density at radius 2 is 2.33 bits per heavy atom. The Bertz CT molecular complexity index is 264. The summed E-state index contributed by atoms with van der Waals surface area (Å²) in [5.74, 6) is 0.549. The molecule has 0 fully saturated rings. The Morgan fingerprint density at radius 3 is 2.87 bits per heavy atom. The van der Waals surface area contributed by atoms with Crippen LogP contribution >= 0.6 is 0 Å². The monoisotopic (exact) mass is 208 g/mol. The van der Waals surface area contributed by atoms with Crippen LogP contribution in [0.25, 0.3) is 0 Å². The summed E-state index contributed by atoms with van der Waals surface area (Å²) >= 11 is 0. The zero-order valence-electron chi connectivity index (χ0n) is 9.73. The van der Waals surface area contributed by atoms with Gasteiger partial charge in [0.05, 0.1) is 0 Å². The summed E-state index contributed by atoms with van der Waals surface area (Å²) in [6, 6.07) is 4.44. The number of methoxy groups -OCH3 is 1. The normalized spacial score (nSPS) is 14.9. The molecule has 0 aromatic carbocycles. The van der Waals surface area contributed by atoms with E-state index in [-0.39, 0.29) is 0 Å². The lowest BCUT2D eigenvalue weighted by molar-refractivity contribution is 0.150. The summed E-state index contributed by atoms with van der Waals surface area (Å²) < 4.78 is 5.14. The van der Waals surface area contributed by atoms with Crippen molar-refractivity contribution in [1.29, 1.82) is 0 Å². The second kappa shape index (κ2) is 6.53. The molecule has 1 aromatic rings. The molecule has 1 N–H and O–H groups in total. The van der Waals surface area contributed by atoms with E-state index in [1.165, 1.54) is 5.56 Å². The van der Waals surface area contributed by atoms with E-state index in [0.29, 0.717) is 12.0 Å². The molecule has 15 heavy (non-hydrogen) atoms. The van der Waals surface area contributed by atoms with Gasteiger partial charge in [0.1, 0.15) is 0 Å². The van der Waals surface area contributed by atoms with Gasteiger partial charge in [-0.1, -0.05) is 13.0 Å². The number of hydrogen-bond donors (Lipinski definition) is 1. The minimum atomic E-state index is 0.365. The quantitative estimate of drug-likeness (QED) is 0.776. The third kappa shape index (κ3) is 3.98. The number of nitrogens with zero attached hydrogens (tertiary/aromatic N) is 1. The molecule has 2 atom stereocenters. The summed E-state index contributed by atoms with van der Waals surface area (Å²) in [4.78, 5) is 4.14. The van der Waals surface area contributed by atoms with E-state index in [2.05, 4.69) is 23.3 Å². The Hall–Kier alpha value is -0.930. The maximum absolute atomic E-state index is 5.14. The fourth-order valence-corrected chi connectivity index (χ4v) is 1.76. The lowest BCUT2D eigenvalue weighted by atomic mass is 9.98. The first-order valence-corrected chi connectivity index (χ1v) is 5.34. The summed E-state index contributed by atoms with van der Waals surface area (Å²) in [5.41, 5.74) is 1.24. The largest absolute Gasteiger partial charge is 0.384 e. The highest BCUT2D eigenvalue weighted by molar-refractivity contribution is 5.13. The van der Waals surface area contributed by atoms with E-state index in [4.69, 9.17) is 4.74 Å². The smallest absolute Gasteiger partial charge is 0.0488 e. The molecule has 0 saturated carbocycles. The number of hydrogen-bond acceptors (Lipinski definition) is 3. The van der Waals surface area contributed by atoms with E-state index in [0.717, 1.165) is 13.0 Å². The summed E-state index contributed by atoms with van der Waals surface area (Å²) in [7, 11) is 3.73.